The lowest BCUT2D eigenvalue weighted by atomic mass is 10.00. The summed E-state index contributed by atoms with van der Waals surface area (Å²) in [5.41, 5.74) is 5.73. The molecule has 0 aliphatic heterocycles. The minimum absolute atomic E-state index is 0.207. The Morgan fingerprint density at radius 3 is 2.33 bits per heavy atom. The minimum Gasteiger partial charge on any atom is -0.325 e. The molecule has 0 N–H and O–H groups in total. The van der Waals surface area contributed by atoms with E-state index >= 15 is 0 Å². The lowest BCUT2D eigenvalue weighted by Crippen LogP contribution is -2.07. The largest absolute Gasteiger partial charge is 0.325 e. The van der Waals surface area contributed by atoms with Gasteiger partial charge in [0.2, 0.25) is 0 Å². The normalized spacial score (nSPS) is 11.0. The van der Waals surface area contributed by atoms with Crippen LogP contribution in [0.4, 0.5) is 0 Å². The molecule has 2 heterocycles. The van der Waals surface area contributed by atoms with E-state index in [2.05, 4.69) is 64.1 Å². The van der Waals surface area contributed by atoms with Crippen LogP contribution in [-0.2, 0) is 17.8 Å². The van der Waals surface area contributed by atoms with E-state index in [1.807, 2.05) is 24.4 Å². The monoisotopic (exact) mass is 354 g/mol. The summed E-state index contributed by atoms with van der Waals surface area (Å²) in [4.78, 5) is 16.4. The number of hydrogen-bond acceptors (Lipinski definition) is 2. The first-order valence-electron chi connectivity index (χ1n) is 9.29. The standard InChI is InChI=1S/C24H22N2O/c1-18(27)14-15-22-23(20-11-6-3-7-12-20)21-13-8-16-25-24(21)26(22)17-19-9-4-2-5-10-19/h2-13,16H,14-15,17H2,1H3. The van der Waals surface area contributed by atoms with Crippen LogP contribution in [0.5, 0.6) is 0 Å². The second kappa shape index (κ2) is 7.58. The van der Waals surface area contributed by atoms with Crippen LogP contribution in [0.15, 0.2) is 79.0 Å². The van der Waals surface area contributed by atoms with Gasteiger partial charge in [-0.1, -0.05) is 60.7 Å². The molecule has 0 spiro atoms. The molecule has 4 rings (SSSR count). The van der Waals surface area contributed by atoms with Gasteiger partial charge in [0, 0.05) is 35.8 Å². The van der Waals surface area contributed by atoms with Gasteiger partial charge < -0.3 is 9.36 Å². The number of fused-ring (bicyclic) bond motifs is 1. The van der Waals surface area contributed by atoms with E-state index in [1.54, 1.807) is 6.92 Å². The van der Waals surface area contributed by atoms with Gasteiger partial charge in [0.15, 0.2) is 0 Å². The molecule has 0 fully saturated rings. The van der Waals surface area contributed by atoms with E-state index in [9.17, 15) is 4.79 Å². The first-order chi connectivity index (χ1) is 13.2. The Kier molecular flexibility index (Phi) is 4.84. The summed E-state index contributed by atoms with van der Waals surface area (Å²) >= 11 is 0. The van der Waals surface area contributed by atoms with E-state index in [0.29, 0.717) is 12.8 Å². The highest BCUT2D eigenvalue weighted by atomic mass is 16.1. The highest BCUT2D eigenvalue weighted by molar-refractivity contribution is 5.96. The van der Waals surface area contributed by atoms with Gasteiger partial charge in [-0.2, -0.15) is 0 Å². The number of carbonyl (C=O) groups excluding carboxylic acids is 1. The number of rotatable bonds is 6. The van der Waals surface area contributed by atoms with Crippen LogP contribution in [0.25, 0.3) is 22.2 Å². The van der Waals surface area contributed by atoms with E-state index in [4.69, 9.17) is 0 Å². The molecular weight excluding hydrogens is 332 g/mol. The molecule has 27 heavy (non-hydrogen) atoms. The molecule has 0 amide bonds. The highest BCUT2D eigenvalue weighted by Gasteiger charge is 2.19. The lowest BCUT2D eigenvalue weighted by Gasteiger charge is -2.12. The fraction of sp³-hybridized carbons (Fsp3) is 0.167. The Bertz CT molecular complexity index is 1070. The number of hydrogen-bond donors (Lipinski definition) is 0. The molecule has 0 atom stereocenters. The molecular formula is C24H22N2O. The molecule has 2 aromatic heterocycles. The summed E-state index contributed by atoms with van der Waals surface area (Å²) in [5, 5.41) is 1.14. The van der Waals surface area contributed by atoms with Crippen molar-refractivity contribution < 1.29 is 4.79 Å². The van der Waals surface area contributed by atoms with Crippen molar-refractivity contribution in [2.45, 2.75) is 26.3 Å². The maximum atomic E-state index is 11.7. The highest BCUT2D eigenvalue weighted by Crippen LogP contribution is 2.35. The van der Waals surface area contributed by atoms with Gasteiger partial charge in [-0.05, 0) is 36.6 Å². The molecule has 0 bridgehead atoms. The summed E-state index contributed by atoms with van der Waals surface area (Å²) in [6, 6.07) is 24.9. The third-order valence-electron chi connectivity index (χ3n) is 4.89. The van der Waals surface area contributed by atoms with Crippen molar-refractivity contribution in [2.75, 3.05) is 0 Å². The van der Waals surface area contributed by atoms with Gasteiger partial charge in [-0.25, -0.2) is 4.98 Å². The van der Waals surface area contributed by atoms with E-state index in [0.717, 1.165) is 17.6 Å². The van der Waals surface area contributed by atoms with Gasteiger partial charge in [-0.15, -0.1) is 0 Å². The van der Waals surface area contributed by atoms with Gasteiger partial charge in [0.25, 0.3) is 0 Å². The maximum Gasteiger partial charge on any atom is 0.141 e. The van der Waals surface area contributed by atoms with Crippen LogP contribution >= 0.6 is 0 Å². The average molecular weight is 354 g/mol. The van der Waals surface area contributed by atoms with Crippen molar-refractivity contribution in [2.24, 2.45) is 0 Å². The minimum atomic E-state index is 0.207. The fourth-order valence-corrected chi connectivity index (χ4v) is 3.64. The third-order valence-corrected chi connectivity index (χ3v) is 4.89. The number of carbonyl (C=O) groups is 1. The van der Waals surface area contributed by atoms with Crippen molar-refractivity contribution >= 4 is 16.8 Å². The first kappa shape index (κ1) is 17.2. The van der Waals surface area contributed by atoms with Crippen LogP contribution < -0.4 is 0 Å². The van der Waals surface area contributed by atoms with Crippen molar-refractivity contribution in [3.05, 3.63) is 90.3 Å². The summed E-state index contributed by atoms with van der Waals surface area (Å²) in [6.45, 7) is 2.40. The quantitative estimate of drug-likeness (QED) is 0.472. The molecule has 3 heteroatoms. The summed E-state index contributed by atoms with van der Waals surface area (Å²) in [6.07, 6.45) is 3.08. The van der Waals surface area contributed by atoms with E-state index in [-0.39, 0.29) is 5.78 Å². The molecule has 0 saturated carbocycles. The molecule has 0 unspecified atom stereocenters. The summed E-state index contributed by atoms with van der Waals surface area (Å²) < 4.78 is 2.27. The third kappa shape index (κ3) is 3.54. The van der Waals surface area contributed by atoms with Crippen LogP contribution in [0.1, 0.15) is 24.6 Å². The van der Waals surface area contributed by atoms with Gasteiger partial charge in [0.1, 0.15) is 11.4 Å². The number of Topliss-reactive ketones (excluding diaryl/α,β-unsaturated/α-hetero) is 1. The van der Waals surface area contributed by atoms with Gasteiger partial charge >= 0.3 is 0 Å². The molecule has 0 radical (unpaired) electrons. The predicted molar refractivity (Wildman–Crippen MR) is 110 cm³/mol. The molecule has 0 aliphatic rings. The topological polar surface area (TPSA) is 34.9 Å². The second-order valence-electron chi connectivity index (χ2n) is 6.84. The zero-order valence-electron chi connectivity index (χ0n) is 15.4. The van der Waals surface area contributed by atoms with Crippen LogP contribution in [0, 0.1) is 0 Å². The Hall–Kier alpha value is -3.20. The smallest absolute Gasteiger partial charge is 0.141 e. The maximum absolute atomic E-state index is 11.7. The predicted octanol–water partition coefficient (Wildman–Crippen LogP) is 5.27. The second-order valence-corrected chi connectivity index (χ2v) is 6.84. The molecule has 2 aromatic carbocycles. The van der Waals surface area contributed by atoms with Gasteiger partial charge in [0.05, 0.1) is 0 Å². The van der Waals surface area contributed by atoms with Crippen molar-refractivity contribution in [3.63, 3.8) is 0 Å². The average Bonchev–Trinajstić information content (AvgIpc) is 3.01. The Morgan fingerprint density at radius 1 is 0.926 bits per heavy atom. The van der Waals surface area contributed by atoms with E-state index in [1.165, 1.54) is 22.4 Å². The van der Waals surface area contributed by atoms with Crippen molar-refractivity contribution in [1.29, 1.82) is 0 Å². The van der Waals surface area contributed by atoms with E-state index < -0.39 is 0 Å². The molecule has 3 nitrogen and oxygen atoms in total. The number of ketones is 1. The van der Waals surface area contributed by atoms with Crippen LogP contribution in [-0.4, -0.2) is 15.3 Å². The Morgan fingerprint density at radius 2 is 1.63 bits per heavy atom. The zero-order valence-corrected chi connectivity index (χ0v) is 15.4. The molecule has 4 aromatic rings. The molecule has 134 valence electrons. The SMILES string of the molecule is CC(=O)CCc1c(-c2ccccc2)c2cccnc2n1Cc1ccccc1. The molecule has 0 aliphatic carbocycles. The fourth-order valence-electron chi connectivity index (χ4n) is 3.64. The number of pyridine rings is 1. The molecule has 0 saturated heterocycles. The number of benzene rings is 2. The lowest BCUT2D eigenvalue weighted by molar-refractivity contribution is -0.117. The first-order valence-corrected chi connectivity index (χ1v) is 9.29. The van der Waals surface area contributed by atoms with Gasteiger partial charge in [-0.3, -0.25) is 0 Å². The summed E-state index contributed by atoms with van der Waals surface area (Å²) in [7, 11) is 0. The van der Waals surface area contributed by atoms with Crippen LogP contribution in [0.2, 0.25) is 0 Å². The number of nitrogens with zero attached hydrogens (tertiary/aromatic N) is 2. The number of aromatic nitrogens is 2. The van der Waals surface area contributed by atoms with Crippen molar-refractivity contribution in [1.82, 2.24) is 9.55 Å². The Labute approximate surface area is 159 Å². The Balaban J connectivity index is 1.94. The summed E-state index contributed by atoms with van der Waals surface area (Å²) in [5.74, 6) is 0.207. The van der Waals surface area contributed by atoms with Crippen LogP contribution in [0.3, 0.4) is 0 Å². The van der Waals surface area contributed by atoms with Crippen molar-refractivity contribution in [3.8, 4) is 11.1 Å². The zero-order chi connectivity index (χ0) is 18.6.